The molecule has 2 nitrogen and oxygen atoms in total. The van der Waals surface area contributed by atoms with E-state index in [4.69, 9.17) is 0 Å². The number of unbranched alkanes of at least 4 members (excludes halogenated alkanes) is 5. The van der Waals surface area contributed by atoms with E-state index in [1.165, 1.54) is 38.5 Å². The van der Waals surface area contributed by atoms with Gasteiger partial charge in [-0.2, -0.15) is 0 Å². The van der Waals surface area contributed by atoms with Crippen LogP contribution in [0.2, 0.25) is 0 Å². The van der Waals surface area contributed by atoms with E-state index in [-0.39, 0.29) is 11.8 Å². The molecule has 0 heterocycles. The Balaban J connectivity index is 3.57. The monoisotopic (exact) mass is 227 g/mol. The minimum Gasteiger partial charge on any atom is -0.305 e. The van der Waals surface area contributed by atoms with Gasteiger partial charge in [-0.3, -0.25) is 4.79 Å². The number of carbonyl (C=O) groups is 1. The number of Topliss-reactive ketones (excluding diaryl/α,β-unsaturated/α-hetero) is 1. The first kappa shape index (κ1) is 15.6. The summed E-state index contributed by atoms with van der Waals surface area (Å²) in [4.78, 5) is 11.4. The van der Waals surface area contributed by atoms with Crippen molar-refractivity contribution in [2.75, 3.05) is 0 Å². The summed E-state index contributed by atoms with van der Waals surface area (Å²) in [6.45, 7) is 8.11. The van der Waals surface area contributed by atoms with E-state index in [1.807, 2.05) is 0 Å². The SMILES string of the molecule is CCCCCCCCC(NC(C)C)C(C)=O. The molecule has 0 aromatic heterocycles. The normalized spacial score (nSPS) is 13.1. The minimum atomic E-state index is 0.0752. The molecule has 0 saturated carbocycles. The van der Waals surface area contributed by atoms with Gasteiger partial charge in [-0.05, 0) is 13.3 Å². The minimum absolute atomic E-state index is 0.0752. The zero-order valence-electron chi connectivity index (χ0n) is 11.5. The van der Waals surface area contributed by atoms with Crippen LogP contribution >= 0.6 is 0 Å². The average Bonchev–Trinajstić information content (AvgIpc) is 2.20. The lowest BCUT2D eigenvalue weighted by atomic mass is 10.0. The van der Waals surface area contributed by atoms with E-state index in [1.54, 1.807) is 6.92 Å². The van der Waals surface area contributed by atoms with Crippen LogP contribution in [0.1, 0.15) is 72.6 Å². The molecule has 0 rings (SSSR count). The molecule has 0 spiro atoms. The van der Waals surface area contributed by atoms with Crippen LogP contribution in [0.25, 0.3) is 0 Å². The molecule has 2 heteroatoms. The second-order valence-electron chi connectivity index (χ2n) is 5.04. The van der Waals surface area contributed by atoms with Gasteiger partial charge in [-0.1, -0.05) is 59.3 Å². The first-order valence-corrected chi connectivity index (χ1v) is 6.84. The average molecular weight is 227 g/mol. The Hall–Kier alpha value is -0.370. The van der Waals surface area contributed by atoms with Gasteiger partial charge in [0.25, 0.3) is 0 Å². The van der Waals surface area contributed by atoms with Crippen molar-refractivity contribution in [1.82, 2.24) is 5.32 Å². The van der Waals surface area contributed by atoms with Crippen molar-refractivity contribution in [2.24, 2.45) is 0 Å². The van der Waals surface area contributed by atoms with Crippen LogP contribution in [0, 0.1) is 0 Å². The summed E-state index contributed by atoms with van der Waals surface area (Å²) in [7, 11) is 0. The van der Waals surface area contributed by atoms with Gasteiger partial charge < -0.3 is 5.32 Å². The Morgan fingerprint density at radius 3 is 2.12 bits per heavy atom. The summed E-state index contributed by atoms with van der Waals surface area (Å²) in [6.07, 6.45) is 8.75. The van der Waals surface area contributed by atoms with E-state index in [2.05, 4.69) is 26.1 Å². The smallest absolute Gasteiger partial charge is 0.146 e. The molecule has 1 atom stereocenters. The molecule has 0 aliphatic carbocycles. The Morgan fingerprint density at radius 1 is 1.06 bits per heavy atom. The van der Waals surface area contributed by atoms with E-state index in [9.17, 15) is 4.79 Å². The zero-order chi connectivity index (χ0) is 12.4. The van der Waals surface area contributed by atoms with Gasteiger partial charge in [0.05, 0.1) is 6.04 Å². The van der Waals surface area contributed by atoms with Gasteiger partial charge in [-0.15, -0.1) is 0 Å². The van der Waals surface area contributed by atoms with E-state index in [0.29, 0.717) is 6.04 Å². The number of hydrogen-bond donors (Lipinski definition) is 1. The van der Waals surface area contributed by atoms with Crippen LogP contribution < -0.4 is 5.32 Å². The molecule has 0 radical (unpaired) electrons. The van der Waals surface area contributed by atoms with Crippen LogP contribution in [0.5, 0.6) is 0 Å². The van der Waals surface area contributed by atoms with Gasteiger partial charge in [0.15, 0.2) is 0 Å². The fourth-order valence-corrected chi connectivity index (χ4v) is 1.94. The van der Waals surface area contributed by atoms with Gasteiger partial charge in [-0.25, -0.2) is 0 Å². The van der Waals surface area contributed by atoms with Crippen molar-refractivity contribution < 1.29 is 4.79 Å². The van der Waals surface area contributed by atoms with Crippen LogP contribution in [-0.4, -0.2) is 17.9 Å². The quantitative estimate of drug-likeness (QED) is 0.577. The summed E-state index contributed by atoms with van der Waals surface area (Å²) in [5.74, 6) is 0.280. The third kappa shape index (κ3) is 8.90. The number of rotatable bonds is 10. The molecule has 0 aliphatic heterocycles. The van der Waals surface area contributed by atoms with E-state index < -0.39 is 0 Å². The Kier molecular flexibility index (Phi) is 9.60. The van der Waals surface area contributed by atoms with Crippen molar-refractivity contribution in [3.05, 3.63) is 0 Å². The van der Waals surface area contributed by atoms with Crippen molar-refractivity contribution >= 4 is 5.78 Å². The molecule has 96 valence electrons. The topological polar surface area (TPSA) is 29.1 Å². The lowest BCUT2D eigenvalue weighted by Gasteiger charge is -2.18. The van der Waals surface area contributed by atoms with Crippen molar-refractivity contribution in [3.63, 3.8) is 0 Å². The molecule has 0 aromatic rings. The van der Waals surface area contributed by atoms with Crippen LogP contribution in [0.15, 0.2) is 0 Å². The molecule has 0 saturated heterocycles. The van der Waals surface area contributed by atoms with Crippen molar-refractivity contribution in [3.8, 4) is 0 Å². The summed E-state index contributed by atoms with van der Waals surface area (Å²) < 4.78 is 0. The standard InChI is InChI=1S/C14H29NO/c1-5-6-7-8-9-10-11-14(13(4)16)15-12(2)3/h12,14-15H,5-11H2,1-4H3. The molecule has 1 N–H and O–H groups in total. The van der Waals surface area contributed by atoms with Gasteiger partial charge in [0.1, 0.15) is 5.78 Å². The first-order valence-electron chi connectivity index (χ1n) is 6.84. The predicted molar refractivity (Wildman–Crippen MR) is 70.7 cm³/mol. The van der Waals surface area contributed by atoms with Gasteiger partial charge in [0.2, 0.25) is 0 Å². The van der Waals surface area contributed by atoms with E-state index >= 15 is 0 Å². The Bertz CT molecular complexity index is 178. The molecule has 0 aliphatic rings. The fourth-order valence-electron chi connectivity index (χ4n) is 1.94. The Labute approximate surface area is 101 Å². The lowest BCUT2D eigenvalue weighted by molar-refractivity contribution is -0.119. The lowest BCUT2D eigenvalue weighted by Crippen LogP contribution is -2.39. The third-order valence-corrected chi connectivity index (χ3v) is 2.87. The highest BCUT2D eigenvalue weighted by Crippen LogP contribution is 2.09. The molecule has 0 fully saturated rings. The highest BCUT2D eigenvalue weighted by Gasteiger charge is 2.13. The maximum Gasteiger partial charge on any atom is 0.146 e. The largest absolute Gasteiger partial charge is 0.305 e. The second-order valence-corrected chi connectivity index (χ2v) is 5.04. The zero-order valence-corrected chi connectivity index (χ0v) is 11.5. The highest BCUT2D eigenvalue weighted by molar-refractivity contribution is 5.81. The van der Waals surface area contributed by atoms with Crippen LogP contribution in [0.4, 0.5) is 0 Å². The number of nitrogens with one attached hydrogen (secondary N) is 1. The number of ketones is 1. The van der Waals surface area contributed by atoms with Crippen LogP contribution in [-0.2, 0) is 4.79 Å². The predicted octanol–water partition coefficient (Wildman–Crippen LogP) is 3.69. The molecule has 0 amide bonds. The molecule has 0 bridgehead atoms. The van der Waals surface area contributed by atoms with E-state index in [0.717, 1.165) is 6.42 Å². The van der Waals surface area contributed by atoms with Gasteiger partial charge >= 0.3 is 0 Å². The maximum absolute atomic E-state index is 11.4. The summed E-state index contributed by atoms with van der Waals surface area (Å²) in [6, 6.07) is 0.472. The molecule has 1 unspecified atom stereocenters. The summed E-state index contributed by atoms with van der Waals surface area (Å²) in [5, 5.41) is 3.33. The number of hydrogen-bond acceptors (Lipinski definition) is 2. The molecular formula is C14H29NO. The molecule has 0 aromatic carbocycles. The Morgan fingerprint density at radius 2 is 1.62 bits per heavy atom. The summed E-state index contributed by atoms with van der Waals surface area (Å²) >= 11 is 0. The van der Waals surface area contributed by atoms with Crippen LogP contribution in [0.3, 0.4) is 0 Å². The van der Waals surface area contributed by atoms with Crippen molar-refractivity contribution in [1.29, 1.82) is 0 Å². The number of carbonyl (C=O) groups excluding carboxylic acids is 1. The fraction of sp³-hybridized carbons (Fsp3) is 0.929. The van der Waals surface area contributed by atoms with Crippen molar-refractivity contribution in [2.45, 2.75) is 84.7 Å². The third-order valence-electron chi connectivity index (χ3n) is 2.87. The molecule has 16 heavy (non-hydrogen) atoms. The second kappa shape index (κ2) is 9.83. The van der Waals surface area contributed by atoms with Gasteiger partial charge in [0, 0.05) is 6.04 Å². The maximum atomic E-state index is 11.4. The first-order chi connectivity index (χ1) is 7.57. The molecular weight excluding hydrogens is 198 g/mol. The summed E-state index contributed by atoms with van der Waals surface area (Å²) in [5.41, 5.74) is 0. The highest BCUT2D eigenvalue weighted by atomic mass is 16.1.